The molecule has 1 amide bonds. The number of carboxylic acid groups (broad SMARTS) is 1. The van der Waals surface area contributed by atoms with Gasteiger partial charge in [0.25, 0.3) is 5.91 Å². The molecule has 0 spiro atoms. The summed E-state index contributed by atoms with van der Waals surface area (Å²) in [7, 11) is 1.45. The first-order valence-electron chi connectivity index (χ1n) is 10.6. The Morgan fingerprint density at radius 2 is 2.03 bits per heavy atom. The zero-order valence-electron chi connectivity index (χ0n) is 18.2. The van der Waals surface area contributed by atoms with Crippen LogP contribution in [0.25, 0.3) is 32.8 Å². The lowest BCUT2D eigenvalue weighted by Crippen LogP contribution is -2.19. The first-order valence-corrected chi connectivity index (χ1v) is 10.6. The molecule has 0 aliphatic carbocycles. The normalized spacial score (nSPS) is 12.6. The van der Waals surface area contributed by atoms with Gasteiger partial charge in [-0.25, -0.2) is 4.39 Å². The number of aryl methyl sites for hydroxylation is 1. The summed E-state index contributed by atoms with van der Waals surface area (Å²) >= 11 is 0. The van der Waals surface area contributed by atoms with Crippen molar-refractivity contribution >= 4 is 33.6 Å². The summed E-state index contributed by atoms with van der Waals surface area (Å²) in [5.41, 5.74) is 4.36. The highest BCUT2D eigenvalue weighted by Crippen LogP contribution is 2.42. The number of ether oxygens (including phenoxy) is 1. The Morgan fingerprint density at radius 1 is 1.21 bits per heavy atom. The van der Waals surface area contributed by atoms with Crippen LogP contribution in [-0.4, -0.2) is 35.6 Å². The number of pyridine rings is 1. The van der Waals surface area contributed by atoms with E-state index in [4.69, 9.17) is 4.74 Å². The number of aliphatic carboxylic acids is 1. The van der Waals surface area contributed by atoms with Crippen LogP contribution in [0.3, 0.4) is 0 Å². The largest absolute Gasteiger partial charge is 0.493 e. The van der Waals surface area contributed by atoms with Crippen molar-refractivity contribution in [1.29, 1.82) is 0 Å². The smallest absolute Gasteiger partial charge is 0.307 e. The van der Waals surface area contributed by atoms with Gasteiger partial charge in [0.15, 0.2) is 0 Å². The molecule has 6 nitrogen and oxygen atoms in total. The van der Waals surface area contributed by atoms with Crippen LogP contribution in [0, 0.1) is 12.7 Å². The summed E-state index contributed by atoms with van der Waals surface area (Å²) in [4.78, 5) is 28.5. The third kappa shape index (κ3) is 3.36. The van der Waals surface area contributed by atoms with Gasteiger partial charge in [0, 0.05) is 30.6 Å². The molecule has 0 bridgehead atoms. The number of carbonyl (C=O) groups is 2. The number of aromatic nitrogens is 1. The van der Waals surface area contributed by atoms with Crippen molar-refractivity contribution in [3.63, 3.8) is 0 Å². The molecule has 0 fully saturated rings. The topological polar surface area (TPSA) is 88.5 Å². The quantitative estimate of drug-likeness (QED) is 0.486. The zero-order valence-corrected chi connectivity index (χ0v) is 18.2. The average molecular weight is 444 g/mol. The molecule has 1 aromatic heterocycles. The van der Waals surface area contributed by atoms with Crippen LogP contribution >= 0.6 is 0 Å². The Labute approximate surface area is 189 Å². The molecule has 0 radical (unpaired) electrons. The number of nitrogens with one attached hydrogen (secondary N) is 1. The van der Waals surface area contributed by atoms with Gasteiger partial charge in [-0.15, -0.1) is 0 Å². The van der Waals surface area contributed by atoms with Crippen LogP contribution in [0.5, 0.6) is 5.75 Å². The lowest BCUT2D eigenvalue weighted by atomic mass is 9.86. The van der Waals surface area contributed by atoms with E-state index in [2.05, 4.69) is 10.3 Å². The van der Waals surface area contributed by atoms with E-state index < -0.39 is 17.7 Å². The first kappa shape index (κ1) is 20.9. The molecule has 1 aliphatic heterocycles. The van der Waals surface area contributed by atoms with Gasteiger partial charge in [0.1, 0.15) is 11.6 Å². The van der Waals surface area contributed by atoms with Gasteiger partial charge in [-0.05, 0) is 70.3 Å². The Bertz CT molecular complexity index is 1470. The zero-order chi connectivity index (χ0) is 23.3. The summed E-state index contributed by atoms with van der Waals surface area (Å²) in [5.74, 6) is -1.45. The van der Waals surface area contributed by atoms with E-state index in [9.17, 15) is 14.7 Å². The standard InChI is InChI=1S/C26H21FN2O4/c1-13-9-15-10-19(26(32)28-2)20(27)11-18(15)24(17(13)12-22(30)31)16-3-4-21-23-14(6-8-33-21)5-7-29-25(16)23/h3-5,7,9-11H,6,8,12H2,1-2H3,(H,28,32)(H,30,31). The molecule has 4 aromatic rings. The molecule has 5 rings (SSSR count). The Kier molecular flexibility index (Phi) is 4.96. The SMILES string of the molecule is CNC(=O)c1cc2cc(C)c(CC(=O)O)c(-c3ccc4c5c(ccnc35)CCO4)c2cc1F. The Hall–Kier alpha value is -4.00. The van der Waals surface area contributed by atoms with E-state index in [1.165, 1.54) is 19.2 Å². The predicted molar refractivity (Wildman–Crippen MR) is 123 cm³/mol. The van der Waals surface area contributed by atoms with Crippen molar-refractivity contribution in [3.8, 4) is 16.9 Å². The number of carbonyl (C=O) groups excluding carboxylic acids is 1. The summed E-state index contributed by atoms with van der Waals surface area (Å²) in [6, 6.07) is 10.3. The van der Waals surface area contributed by atoms with Crippen LogP contribution < -0.4 is 10.1 Å². The van der Waals surface area contributed by atoms with Gasteiger partial charge in [-0.1, -0.05) is 6.07 Å². The average Bonchev–Trinajstić information content (AvgIpc) is 2.80. The monoisotopic (exact) mass is 444 g/mol. The summed E-state index contributed by atoms with van der Waals surface area (Å²) in [6.07, 6.45) is 2.25. The lowest BCUT2D eigenvalue weighted by Gasteiger charge is -2.22. The number of benzene rings is 3. The van der Waals surface area contributed by atoms with Gasteiger partial charge >= 0.3 is 5.97 Å². The number of hydrogen-bond donors (Lipinski definition) is 2. The van der Waals surface area contributed by atoms with E-state index in [-0.39, 0.29) is 12.0 Å². The minimum Gasteiger partial charge on any atom is -0.493 e. The second kappa shape index (κ2) is 7.85. The maximum absolute atomic E-state index is 15.0. The molecule has 1 aliphatic rings. The van der Waals surface area contributed by atoms with Crippen LogP contribution in [0.1, 0.15) is 27.0 Å². The maximum Gasteiger partial charge on any atom is 0.307 e. The molecule has 2 heterocycles. The lowest BCUT2D eigenvalue weighted by molar-refractivity contribution is -0.136. The van der Waals surface area contributed by atoms with Gasteiger partial charge in [0.05, 0.1) is 24.1 Å². The minimum atomic E-state index is -0.986. The summed E-state index contributed by atoms with van der Waals surface area (Å²) in [6.45, 7) is 2.41. The van der Waals surface area contributed by atoms with Crippen LogP contribution in [0.2, 0.25) is 0 Å². The highest BCUT2D eigenvalue weighted by molar-refractivity contribution is 6.10. The molecule has 3 aromatic carbocycles. The molecular weight excluding hydrogens is 423 g/mol. The van der Waals surface area contributed by atoms with Crippen molar-refractivity contribution in [3.05, 3.63) is 70.7 Å². The van der Waals surface area contributed by atoms with E-state index in [0.29, 0.717) is 39.6 Å². The molecule has 7 heteroatoms. The molecule has 0 atom stereocenters. The molecule has 33 heavy (non-hydrogen) atoms. The van der Waals surface area contributed by atoms with E-state index in [1.54, 1.807) is 12.3 Å². The number of halogens is 1. The third-order valence-electron chi connectivity index (χ3n) is 6.20. The number of amides is 1. The molecule has 2 N–H and O–H groups in total. The Morgan fingerprint density at radius 3 is 2.79 bits per heavy atom. The molecular formula is C26H21FN2O4. The third-order valence-corrected chi connectivity index (χ3v) is 6.20. The van der Waals surface area contributed by atoms with Crippen molar-refractivity contribution < 1.29 is 23.8 Å². The first-order chi connectivity index (χ1) is 15.9. The highest BCUT2D eigenvalue weighted by atomic mass is 19.1. The minimum absolute atomic E-state index is 0.0650. The van der Waals surface area contributed by atoms with Gasteiger partial charge in [-0.2, -0.15) is 0 Å². The van der Waals surface area contributed by atoms with Crippen LogP contribution in [0.15, 0.2) is 42.6 Å². The van der Waals surface area contributed by atoms with Crippen molar-refractivity contribution in [2.75, 3.05) is 13.7 Å². The highest BCUT2D eigenvalue weighted by Gasteiger charge is 2.23. The van der Waals surface area contributed by atoms with E-state index in [0.717, 1.165) is 28.7 Å². The number of rotatable bonds is 4. The fourth-order valence-corrected chi connectivity index (χ4v) is 4.70. The van der Waals surface area contributed by atoms with Crippen LogP contribution in [-0.2, 0) is 17.6 Å². The van der Waals surface area contributed by atoms with Crippen molar-refractivity contribution in [2.45, 2.75) is 19.8 Å². The number of carboxylic acids is 1. The van der Waals surface area contributed by atoms with Crippen molar-refractivity contribution in [2.24, 2.45) is 0 Å². The Balaban J connectivity index is 1.91. The second-order valence-electron chi connectivity index (χ2n) is 8.15. The van der Waals surface area contributed by atoms with Gasteiger partial charge in [0.2, 0.25) is 0 Å². The summed E-state index contributed by atoms with van der Waals surface area (Å²) < 4.78 is 20.9. The molecule has 0 unspecified atom stereocenters. The van der Waals surface area contributed by atoms with Crippen molar-refractivity contribution in [1.82, 2.24) is 10.3 Å². The molecule has 0 saturated heterocycles. The fraction of sp³-hybridized carbons (Fsp3) is 0.192. The van der Waals surface area contributed by atoms with Gasteiger partial charge < -0.3 is 15.2 Å². The van der Waals surface area contributed by atoms with Gasteiger partial charge in [-0.3, -0.25) is 14.6 Å². The molecule has 166 valence electrons. The fourth-order valence-electron chi connectivity index (χ4n) is 4.70. The summed E-state index contributed by atoms with van der Waals surface area (Å²) in [5, 5.41) is 14.1. The van der Waals surface area contributed by atoms with E-state index in [1.807, 2.05) is 25.1 Å². The second-order valence-corrected chi connectivity index (χ2v) is 8.15. The number of fused-ring (bicyclic) bond motifs is 1. The number of nitrogens with zero attached hydrogens (tertiary/aromatic N) is 1. The van der Waals surface area contributed by atoms with E-state index >= 15 is 4.39 Å². The molecule has 0 saturated carbocycles. The predicted octanol–water partition coefficient (Wildman–Crippen LogP) is 4.42. The number of hydrogen-bond acceptors (Lipinski definition) is 4. The maximum atomic E-state index is 15.0. The van der Waals surface area contributed by atoms with Crippen LogP contribution in [0.4, 0.5) is 4.39 Å².